The lowest BCUT2D eigenvalue weighted by atomic mass is 9.98. The van der Waals surface area contributed by atoms with Crippen molar-refractivity contribution in [3.05, 3.63) is 10.5 Å². The van der Waals surface area contributed by atoms with Crippen LogP contribution in [0.25, 0.3) is 0 Å². The van der Waals surface area contributed by atoms with E-state index in [-0.39, 0.29) is 0 Å². The van der Waals surface area contributed by atoms with Gasteiger partial charge in [0, 0.05) is 19.6 Å². The van der Waals surface area contributed by atoms with Gasteiger partial charge >= 0.3 is 5.69 Å². The van der Waals surface area contributed by atoms with E-state index < -0.39 is 67.9 Å². The van der Waals surface area contributed by atoms with Crippen LogP contribution in [0, 0.1) is 0 Å². The molecule has 6 N–H and O–H groups in total. The number of hydrogen-bond donors (Lipinski definition) is 6. The summed E-state index contributed by atoms with van der Waals surface area (Å²) in [6.07, 6.45) is 13.0. The summed E-state index contributed by atoms with van der Waals surface area (Å²) in [7, 11) is 0. The zero-order valence-corrected chi connectivity index (χ0v) is 33.2. The number of tetrazole rings is 1. The highest BCUT2D eigenvalue weighted by atomic mass is 16.7. The minimum absolute atomic E-state index is 0.311. The maximum absolute atomic E-state index is 13.5. The summed E-state index contributed by atoms with van der Waals surface area (Å²) in [5, 5.41) is 70.9. The topological polar surface area (TPSA) is 205 Å². The van der Waals surface area contributed by atoms with Gasteiger partial charge in [-0.15, -0.1) is 0 Å². The zero-order valence-electron chi connectivity index (χ0n) is 33.2. The summed E-state index contributed by atoms with van der Waals surface area (Å²) in [5.74, 6) is 0. The summed E-state index contributed by atoms with van der Waals surface area (Å²) >= 11 is 0. The number of nitrogens with zero attached hydrogens (tertiary/aromatic N) is 5. The molecule has 0 aromatic carbocycles. The van der Waals surface area contributed by atoms with Crippen molar-refractivity contribution in [2.75, 3.05) is 46.1 Å². The molecule has 54 heavy (non-hydrogen) atoms. The van der Waals surface area contributed by atoms with Crippen LogP contribution >= 0.6 is 0 Å². The van der Waals surface area contributed by atoms with Crippen molar-refractivity contribution in [1.82, 2.24) is 24.7 Å². The lowest BCUT2D eigenvalue weighted by Gasteiger charge is -2.40. The molecule has 0 saturated carbocycles. The zero-order chi connectivity index (χ0) is 39.0. The van der Waals surface area contributed by atoms with E-state index in [2.05, 4.69) is 22.3 Å². The number of aromatic nitrogens is 4. The predicted molar refractivity (Wildman–Crippen MR) is 205 cm³/mol. The van der Waals surface area contributed by atoms with Gasteiger partial charge in [0.1, 0.15) is 36.6 Å². The molecule has 15 nitrogen and oxygen atoms in total. The molecule has 0 spiro atoms. The SMILES string of the molecule is CCCCCCCCCCCCCC[C@@H](O)[C@@H](O)[C@H](COC1OC(CO)C(O)C(O)C1O)n1nnn(CCCCCCCCCCN2CCOCC2)c1=O. The molecule has 3 heterocycles. The number of hydrogen-bond acceptors (Lipinski definition) is 13. The second-order valence-corrected chi connectivity index (χ2v) is 15.5. The van der Waals surface area contributed by atoms with Gasteiger partial charge in [0.2, 0.25) is 0 Å². The van der Waals surface area contributed by atoms with Crippen molar-refractivity contribution in [2.45, 2.75) is 197 Å². The smallest absolute Gasteiger partial charge is 0.364 e. The molecule has 0 bridgehead atoms. The summed E-state index contributed by atoms with van der Waals surface area (Å²) in [6, 6.07) is -1.19. The maximum Gasteiger partial charge on any atom is 0.364 e. The number of morpholine rings is 1. The third kappa shape index (κ3) is 16.9. The van der Waals surface area contributed by atoms with Gasteiger partial charge in [0.05, 0.1) is 32.5 Å². The van der Waals surface area contributed by atoms with Crippen molar-refractivity contribution in [3.8, 4) is 0 Å². The lowest BCUT2D eigenvalue weighted by Crippen LogP contribution is -2.59. The molecule has 2 fully saturated rings. The second-order valence-electron chi connectivity index (χ2n) is 15.5. The van der Waals surface area contributed by atoms with Gasteiger partial charge in [-0.25, -0.2) is 4.79 Å². The van der Waals surface area contributed by atoms with Crippen LogP contribution in [0.4, 0.5) is 0 Å². The molecule has 2 aliphatic heterocycles. The summed E-state index contributed by atoms with van der Waals surface area (Å²) in [5.41, 5.74) is -0.561. The van der Waals surface area contributed by atoms with Crippen molar-refractivity contribution in [3.63, 3.8) is 0 Å². The van der Waals surface area contributed by atoms with Crippen LogP contribution in [0.5, 0.6) is 0 Å². The van der Waals surface area contributed by atoms with Gasteiger partial charge in [0.15, 0.2) is 6.29 Å². The molecule has 5 unspecified atom stereocenters. The van der Waals surface area contributed by atoms with E-state index in [1.165, 1.54) is 81.7 Å². The van der Waals surface area contributed by atoms with Gasteiger partial charge in [-0.2, -0.15) is 9.36 Å². The van der Waals surface area contributed by atoms with E-state index >= 15 is 0 Å². The fourth-order valence-corrected chi connectivity index (χ4v) is 7.45. The van der Waals surface area contributed by atoms with Crippen LogP contribution in [0.1, 0.15) is 148 Å². The third-order valence-electron chi connectivity index (χ3n) is 11.1. The van der Waals surface area contributed by atoms with E-state index in [1.807, 2.05) is 0 Å². The first-order chi connectivity index (χ1) is 26.3. The van der Waals surface area contributed by atoms with E-state index in [9.17, 15) is 35.4 Å². The van der Waals surface area contributed by atoms with E-state index in [4.69, 9.17) is 14.2 Å². The minimum Gasteiger partial charge on any atom is -0.394 e. The molecule has 1 aromatic rings. The van der Waals surface area contributed by atoms with E-state index in [0.717, 1.165) is 82.5 Å². The highest BCUT2D eigenvalue weighted by Crippen LogP contribution is 2.25. The molecule has 3 rings (SSSR count). The largest absolute Gasteiger partial charge is 0.394 e. The third-order valence-corrected chi connectivity index (χ3v) is 11.1. The fourth-order valence-electron chi connectivity index (χ4n) is 7.45. The Morgan fingerprint density at radius 3 is 1.83 bits per heavy atom. The fraction of sp³-hybridized carbons (Fsp3) is 0.974. The molecule has 1 aromatic heterocycles. The molecule has 316 valence electrons. The Hall–Kier alpha value is -1.53. The van der Waals surface area contributed by atoms with Gasteiger partial charge < -0.3 is 44.8 Å². The molecular weight excluding hydrogens is 698 g/mol. The van der Waals surface area contributed by atoms with Gasteiger partial charge in [-0.05, 0) is 36.2 Å². The molecular formula is C39H75N5O10. The van der Waals surface area contributed by atoms with Gasteiger partial charge in [-0.1, -0.05) is 122 Å². The molecule has 2 saturated heterocycles. The van der Waals surface area contributed by atoms with Gasteiger partial charge in [0.25, 0.3) is 0 Å². The van der Waals surface area contributed by atoms with Crippen LogP contribution in [0.2, 0.25) is 0 Å². The Morgan fingerprint density at radius 2 is 1.26 bits per heavy atom. The molecule has 15 heteroatoms. The molecule has 8 atom stereocenters. The monoisotopic (exact) mass is 774 g/mol. The van der Waals surface area contributed by atoms with E-state index in [0.29, 0.717) is 19.4 Å². The first-order valence-corrected chi connectivity index (χ1v) is 21.4. The predicted octanol–water partition coefficient (Wildman–Crippen LogP) is 3.06. The molecule has 2 aliphatic rings. The maximum atomic E-state index is 13.5. The first kappa shape index (κ1) is 46.8. The Labute approximate surface area is 323 Å². The van der Waals surface area contributed by atoms with Crippen molar-refractivity contribution < 1.29 is 44.8 Å². The second kappa shape index (κ2) is 28.0. The number of aliphatic hydroxyl groups is 6. The Morgan fingerprint density at radius 1 is 0.722 bits per heavy atom. The number of unbranched alkanes of at least 4 members (excludes halogenated alkanes) is 18. The average Bonchev–Trinajstić information content (AvgIpc) is 3.55. The highest BCUT2D eigenvalue weighted by Gasteiger charge is 2.45. The molecule has 0 amide bonds. The molecule has 0 radical (unpaired) electrons. The number of rotatable bonds is 31. The number of aryl methyl sites for hydroxylation is 1. The van der Waals surface area contributed by atoms with Crippen molar-refractivity contribution in [1.29, 1.82) is 0 Å². The summed E-state index contributed by atoms with van der Waals surface area (Å²) < 4.78 is 18.9. The summed E-state index contributed by atoms with van der Waals surface area (Å²) in [4.78, 5) is 15.9. The average molecular weight is 774 g/mol. The normalized spacial score (nSPS) is 24.2. The van der Waals surface area contributed by atoms with Crippen LogP contribution in [-0.4, -0.2) is 144 Å². The van der Waals surface area contributed by atoms with Crippen molar-refractivity contribution >= 4 is 0 Å². The number of ether oxygens (including phenoxy) is 3. The Bertz CT molecular complexity index is 1120. The number of aliphatic hydroxyl groups excluding tert-OH is 6. The van der Waals surface area contributed by atoms with Gasteiger partial charge in [-0.3, -0.25) is 4.90 Å². The quantitative estimate of drug-likeness (QED) is 0.0602. The van der Waals surface area contributed by atoms with Crippen LogP contribution < -0.4 is 5.69 Å². The first-order valence-electron chi connectivity index (χ1n) is 21.4. The standard InChI is InChI=1S/C39H75N5O10/c1-2-3-4-5-6-7-8-9-10-13-16-19-22-32(46)34(47)31(30-53-38-37(50)36(49)35(48)33(29-45)54-38)44-39(51)43(40-41-44)24-21-18-15-12-11-14-17-20-23-42-25-27-52-28-26-42/h31-38,45-50H,2-30H2,1H3/t31-,32+,33?,34-,35?,36?,37?,38?/m0/s1. The molecule has 0 aliphatic carbocycles. The lowest BCUT2D eigenvalue weighted by molar-refractivity contribution is -0.304. The minimum atomic E-state index is -1.66. The van der Waals surface area contributed by atoms with Crippen LogP contribution in [-0.2, 0) is 20.8 Å². The highest BCUT2D eigenvalue weighted by molar-refractivity contribution is 4.89. The summed E-state index contributed by atoms with van der Waals surface area (Å²) in [6.45, 7) is 6.44. The Kier molecular flexibility index (Phi) is 24.3. The van der Waals surface area contributed by atoms with Crippen LogP contribution in [0.3, 0.4) is 0 Å². The van der Waals surface area contributed by atoms with Crippen LogP contribution in [0.15, 0.2) is 4.79 Å². The van der Waals surface area contributed by atoms with Crippen molar-refractivity contribution in [2.24, 2.45) is 0 Å². The Balaban J connectivity index is 1.45. The van der Waals surface area contributed by atoms with E-state index in [1.54, 1.807) is 0 Å².